The highest BCUT2D eigenvalue weighted by Gasteiger charge is 2.22. The third kappa shape index (κ3) is 4.86. The number of benzene rings is 2. The molecule has 1 amide bonds. The lowest BCUT2D eigenvalue weighted by Crippen LogP contribution is -2.16. The Bertz CT molecular complexity index is 1250. The van der Waals surface area contributed by atoms with E-state index in [1.807, 2.05) is 82.3 Å². The molecule has 4 rings (SSSR count). The van der Waals surface area contributed by atoms with Gasteiger partial charge >= 0.3 is 0 Å². The largest absolute Gasteiger partial charge is 0.320 e. The summed E-state index contributed by atoms with van der Waals surface area (Å²) < 4.78 is 1.71. The van der Waals surface area contributed by atoms with Gasteiger partial charge in [-0.1, -0.05) is 52.9 Å². The number of nitrogens with one attached hydrogen (secondary N) is 1. The fourth-order valence-corrected chi connectivity index (χ4v) is 4.23. The molecule has 0 aliphatic carbocycles. The number of aromatic nitrogens is 5. The van der Waals surface area contributed by atoms with Gasteiger partial charge in [-0.15, -0.1) is 5.10 Å². The average molecular weight is 445 g/mol. The Morgan fingerprint density at radius 1 is 0.969 bits per heavy atom. The smallest absolute Gasteiger partial charge is 0.278 e. The molecule has 0 saturated heterocycles. The van der Waals surface area contributed by atoms with Crippen molar-refractivity contribution in [3.63, 3.8) is 0 Å². The number of amides is 1. The maximum atomic E-state index is 13.1. The van der Waals surface area contributed by atoms with E-state index in [1.165, 1.54) is 11.8 Å². The molecule has 2 aromatic carbocycles. The topological polar surface area (TPSA) is 85.6 Å². The summed E-state index contributed by atoms with van der Waals surface area (Å²) in [6.07, 6.45) is 0. The van der Waals surface area contributed by atoms with E-state index in [0.29, 0.717) is 16.6 Å². The summed E-state index contributed by atoms with van der Waals surface area (Å²) in [5.74, 6) is 0.148. The van der Waals surface area contributed by atoms with Crippen molar-refractivity contribution in [2.45, 2.75) is 38.6 Å². The van der Waals surface area contributed by atoms with Gasteiger partial charge in [-0.25, -0.2) is 14.6 Å². The molecular formula is C24H24N6OS. The monoisotopic (exact) mass is 444 g/mol. The zero-order valence-corrected chi connectivity index (χ0v) is 19.3. The van der Waals surface area contributed by atoms with Crippen LogP contribution in [-0.4, -0.2) is 30.9 Å². The van der Waals surface area contributed by atoms with E-state index in [2.05, 4.69) is 25.6 Å². The van der Waals surface area contributed by atoms with Crippen molar-refractivity contribution in [2.75, 3.05) is 5.32 Å². The first-order valence-electron chi connectivity index (χ1n) is 10.2. The number of rotatable bonds is 6. The van der Waals surface area contributed by atoms with Gasteiger partial charge in [-0.2, -0.15) is 0 Å². The van der Waals surface area contributed by atoms with Crippen molar-refractivity contribution < 1.29 is 4.79 Å². The summed E-state index contributed by atoms with van der Waals surface area (Å²) in [7, 11) is 0. The van der Waals surface area contributed by atoms with Gasteiger partial charge < -0.3 is 5.32 Å². The number of carbonyl (C=O) groups excluding carboxylic acids is 1. The number of hydrogen-bond acceptors (Lipinski definition) is 6. The lowest BCUT2D eigenvalue weighted by molar-refractivity contribution is 0.102. The molecule has 7 nitrogen and oxygen atoms in total. The Kier molecular flexibility index (Phi) is 6.32. The number of para-hydroxylation sites is 1. The van der Waals surface area contributed by atoms with Gasteiger partial charge in [0.25, 0.3) is 5.91 Å². The molecule has 0 saturated carbocycles. The summed E-state index contributed by atoms with van der Waals surface area (Å²) >= 11 is 1.46. The van der Waals surface area contributed by atoms with Gasteiger partial charge in [-0.05, 0) is 57.5 Å². The Hall–Kier alpha value is -3.52. The SMILES string of the molecule is Cc1ccc(-n2nnc(C(=O)Nc3ccccc3C)c2CSc2nc(C)cc(C)n2)cc1. The second-order valence-electron chi connectivity index (χ2n) is 7.62. The first kappa shape index (κ1) is 21.7. The van der Waals surface area contributed by atoms with Crippen LogP contribution in [0.15, 0.2) is 59.8 Å². The minimum Gasteiger partial charge on any atom is -0.320 e. The molecule has 0 bridgehead atoms. The second-order valence-corrected chi connectivity index (χ2v) is 8.57. The quantitative estimate of drug-likeness (QED) is 0.338. The average Bonchev–Trinajstić information content (AvgIpc) is 3.18. The minimum atomic E-state index is -0.297. The summed E-state index contributed by atoms with van der Waals surface area (Å²) in [6, 6.07) is 17.5. The van der Waals surface area contributed by atoms with Crippen LogP contribution in [0.4, 0.5) is 5.69 Å². The molecule has 2 aromatic heterocycles. The zero-order chi connectivity index (χ0) is 22.7. The van der Waals surface area contributed by atoms with Crippen LogP contribution >= 0.6 is 11.8 Å². The second kappa shape index (κ2) is 9.32. The molecule has 0 atom stereocenters. The summed E-state index contributed by atoms with van der Waals surface area (Å²) in [4.78, 5) is 22.1. The van der Waals surface area contributed by atoms with Crippen molar-refractivity contribution in [1.29, 1.82) is 0 Å². The predicted octanol–water partition coefficient (Wildman–Crippen LogP) is 4.84. The standard InChI is InChI=1S/C24H24N6OS/c1-15-9-11-19(12-10-15)30-21(14-32-24-25-17(3)13-18(4)26-24)22(28-29-30)23(31)27-20-8-6-5-7-16(20)2/h5-13H,14H2,1-4H3,(H,27,31). The summed E-state index contributed by atoms with van der Waals surface area (Å²) in [6.45, 7) is 7.86. The van der Waals surface area contributed by atoms with Crippen LogP contribution in [-0.2, 0) is 5.75 Å². The number of aryl methyl sites for hydroxylation is 4. The van der Waals surface area contributed by atoms with E-state index >= 15 is 0 Å². The fraction of sp³-hybridized carbons (Fsp3) is 0.208. The van der Waals surface area contributed by atoms with Crippen LogP contribution in [0, 0.1) is 27.7 Å². The lowest BCUT2D eigenvalue weighted by atomic mass is 10.2. The molecule has 162 valence electrons. The number of nitrogens with zero attached hydrogens (tertiary/aromatic N) is 5. The van der Waals surface area contributed by atoms with E-state index in [4.69, 9.17) is 0 Å². The van der Waals surface area contributed by atoms with E-state index in [-0.39, 0.29) is 11.6 Å². The Morgan fingerprint density at radius 3 is 2.34 bits per heavy atom. The highest BCUT2D eigenvalue weighted by Crippen LogP contribution is 2.25. The van der Waals surface area contributed by atoms with Crippen molar-refractivity contribution in [2.24, 2.45) is 0 Å². The van der Waals surface area contributed by atoms with Crippen LogP contribution in [0.25, 0.3) is 5.69 Å². The number of carbonyl (C=O) groups is 1. The Labute approximate surface area is 191 Å². The zero-order valence-electron chi connectivity index (χ0n) is 18.5. The van der Waals surface area contributed by atoms with Crippen molar-refractivity contribution >= 4 is 23.4 Å². The normalized spacial score (nSPS) is 10.9. The van der Waals surface area contributed by atoms with Crippen LogP contribution in [0.1, 0.15) is 38.7 Å². The van der Waals surface area contributed by atoms with Crippen molar-refractivity contribution in [3.8, 4) is 5.69 Å². The molecule has 0 radical (unpaired) electrons. The molecule has 0 aliphatic rings. The number of thioether (sulfide) groups is 1. The molecule has 0 fully saturated rings. The van der Waals surface area contributed by atoms with E-state index < -0.39 is 0 Å². The molecule has 32 heavy (non-hydrogen) atoms. The maximum absolute atomic E-state index is 13.1. The number of anilines is 1. The van der Waals surface area contributed by atoms with E-state index in [1.54, 1.807) is 4.68 Å². The van der Waals surface area contributed by atoms with E-state index in [9.17, 15) is 4.79 Å². The number of hydrogen-bond donors (Lipinski definition) is 1. The minimum absolute atomic E-state index is 0.283. The van der Waals surface area contributed by atoms with Gasteiger partial charge in [0.15, 0.2) is 10.9 Å². The lowest BCUT2D eigenvalue weighted by Gasteiger charge is -2.10. The van der Waals surface area contributed by atoms with Crippen LogP contribution in [0.5, 0.6) is 0 Å². The van der Waals surface area contributed by atoms with Crippen LogP contribution in [0.3, 0.4) is 0 Å². The third-order valence-corrected chi connectivity index (χ3v) is 5.81. The van der Waals surface area contributed by atoms with E-state index in [0.717, 1.165) is 33.9 Å². The first-order valence-corrected chi connectivity index (χ1v) is 11.2. The molecule has 4 aromatic rings. The van der Waals surface area contributed by atoms with Crippen molar-refractivity contribution in [1.82, 2.24) is 25.0 Å². The predicted molar refractivity (Wildman–Crippen MR) is 126 cm³/mol. The van der Waals surface area contributed by atoms with Gasteiger partial charge in [-0.3, -0.25) is 4.79 Å². The van der Waals surface area contributed by atoms with Gasteiger partial charge in [0.05, 0.1) is 11.4 Å². The fourth-order valence-electron chi connectivity index (χ4n) is 3.29. The summed E-state index contributed by atoms with van der Waals surface area (Å²) in [5.41, 5.74) is 6.50. The Morgan fingerprint density at radius 2 is 1.66 bits per heavy atom. The van der Waals surface area contributed by atoms with Gasteiger partial charge in [0.1, 0.15) is 0 Å². The molecule has 0 spiro atoms. The highest BCUT2D eigenvalue weighted by molar-refractivity contribution is 7.98. The summed E-state index contributed by atoms with van der Waals surface area (Å²) in [5, 5.41) is 12.2. The molecule has 0 unspecified atom stereocenters. The van der Waals surface area contributed by atoms with Gasteiger partial charge in [0, 0.05) is 22.8 Å². The molecule has 0 aliphatic heterocycles. The third-order valence-electron chi connectivity index (χ3n) is 4.95. The Balaban J connectivity index is 1.68. The van der Waals surface area contributed by atoms with Crippen molar-refractivity contribution in [3.05, 3.63) is 88.5 Å². The first-order chi connectivity index (χ1) is 15.4. The maximum Gasteiger partial charge on any atom is 0.278 e. The highest BCUT2D eigenvalue weighted by atomic mass is 32.2. The molecular weight excluding hydrogens is 420 g/mol. The molecule has 2 heterocycles. The van der Waals surface area contributed by atoms with Crippen LogP contribution < -0.4 is 5.32 Å². The molecule has 1 N–H and O–H groups in total. The molecule has 8 heteroatoms. The van der Waals surface area contributed by atoms with Crippen LogP contribution in [0.2, 0.25) is 0 Å². The van der Waals surface area contributed by atoms with Gasteiger partial charge in [0.2, 0.25) is 0 Å².